The predicted octanol–water partition coefficient (Wildman–Crippen LogP) is 2.83. The van der Waals surface area contributed by atoms with Crippen LogP contribution >= 0.6 is 0 Å². The Kier molecular flexibility index (Phi) is 6.82. The zero-order chi connectivity index (χ0) is 19.8. The van der Waals surface area contributed by atoms with Crippen molar-refractivity contribution in [1.82, 2.24) is 5.32 Å². The summed E-state index contributed by atoms with van der Waals surface area (Å²) in [5.41, 5.74) is 1.30. The molecule has 0 saturated carbocycles. The molecule has 0 heterocycles. The van der Waals surface area contributed by atoms with Crippen LogP contribution in [-0.2, 0) is 9.59 Å². The molecule has 0 spiro atoms. The number of hydrogen-bond donors (Lipinski definition) is 2. The van der Waals surface area contributed by atoms with Gasteiger partial charge >= 0.3 is 0 Å². The second kappa shape index (κ2) is 9.28. The van der Waals surface area contributed by atoms with Crippen molar-refractivity contribution < 1.29 is 23.8 Å². The van der Waals surface area contributed by atoms with E-state index < -0.39 is 5.91 Å². The molecule has 0 aliphatic rings. The van der Waals surface area contributed by atoms with Crippen LogP contribution in [-0.4, -0.2) is 33.1 Å². The van der Waals surface area contributed by atoms with Crippen molar-refractivity contribution in [2.75, 3.05) is 26.6 Å². The molecule has 0 aliphatic carbocycles. The van der Waals surface area contributed by atoms with Gasteiger partial charge < -0.3 is 24.8 Å². The minimum atomic E-state index is -0.465. The molecule has 142 valence electrons. The quantitative estimate of drug-likeness (QED) is 0.732. The third-order valence-electron chi connectivity index (χ3n) is 3.60. The number of anilines is 1. The van der Waals surface area contributed by atoms with Crippen LogP contribution in [0.4, 0.5) is 5.69 Å². The zero-order valence-electron chi connectivity index (χ0n) is 15.7. The van der Waals surface area contributed by atoms with Crippen molar-refractivity contribution in [3.8, 4) is 17.2 Å². The van der Waals surface area contributed by atoms with Crippen molar-refractivity contribution in [3.05, 3.63) is 53.7 Å². The highest BCUT2D eigenvalue weighted by Gasteiger charge is 2.13. The number of methoxy groups -OCH3 is 3. The summed E-state index contributed by atoms with van der Waals surface area (Å²) in [4.78, 5) is 24.2. The monoisotopic (exact) mass is 370 g/mol. The molecule has 2 aromatic carbocycles. The smallest absolute Gasteiger partial charge is 0.272 e. The van der Waals surface area contributed by atoms with Crippen LogP contribution in [0.15, 0.2) is 48.2 Å². The van der Waals surface area contributed by atoms with Crippen molar-refractivity contribution in [1.29, 1.82) is 0 Å². The van der Waals surface area contributed by atoms with E-state index in [4.69, 9.17) is 14.2 Å². The molecule has 0 bridgehead atoms. The van der Waals surface area contributed by atoms with E-state index in [-0.39, 0.29) is 11.6 Å². The van der Waals surface area contributed by atoms with Gasteiger partial charge in [-0.25, -0.2) is 0 Å². The minimum Gasteiger partial charge on any atom is -0.497 e. The fraction of sp³-hybridized carbons (Fsp3) is 0.200. The van der Waals surface area contributed by atoms with E-state index in [0.717, 1.165) is 0 Å². The highest BCUT2D eigenvalue weighted by atomic mass is 16.5. The predicted molar refractivity (Wildman–Crippen MR) is 103 cm³/mol. The van der Waals surface area contributed by atoms with Crippen molar-refractivity contribution in [2.45, 2.75) is 6.92 Å². The molecule has 27 heavy (non-hydrogen) atoms. The lowest BCUT2D eigenvalue weighted by molar-refractivity contribution is -0.120. The van der Waals surface area contributed by atoms with E-state index in [1.165, 1.54) is 21.1 Å². The van der Waals surface area contributed by atoms with E-state index >= 15 is 0 Å². The van der Waals surface area contributed by atoms with E-state index in [0.29, 0.717) is 28.5 Å². The Morgan fingerprint density at radius 1 is 0.926 bits per heavy atom. The molecule has 2 amide bonds. The zero-order valence-corrected chi connectivity index (χ0v) is 15.7. The fourth-order valence-corrected chi connectivity index (χ4v) is 2.36. The molecule has 0 fully saturated rings. The van der Waals surface area contributed by atoms with Gasteiger partial charge in [0.15, 0.2) is 11.5 Å². The number of benzene rings is 2. The maximum Gasteiger partial charge on any atom is 0.272 e. The Bertz CT molecular complexity index is 861. The molecule has 0 atom stereocenters. The normalized spacial score (nSPS) is 10.7. The van der Waals surface area contributed by atoms with Gasteiger partial charge in [-0.1, -0.05) is 12.1 Å². The van der Waals surface area contributed by atoms with Crippen LogP contribution in [0.1, 0.15) is 12.5 Å². The summed E-state index contributed by atoms with van der Waals surface area (Å²) < 4.78 is 15.6. The first-order valence-electron chi connectivity index (χ1n) is 8.13. The fourth-order valence-electron chi connectivity index (χ4n) is 2.36. The van der Waals surface area contributed by atoms with Gasteiger partial charge in [0.05, 0.1) is 21.3 Å². The van der Waals surface area contributed by atoms with Gasteiger partial charge in [-0.2, -0.15) is 0 Å². The minimum absolute atomic E-state index is 0.0949. The SMILES string of the molecule is COc1cccc(NC(=O)/C(=C\c2ccc(OC)c(OC)c2)NC(C)=O)c1. The molecule has 7 nitrogen and oxygen atoms in total. The van der Waals surface area contributed by atoms with Gasteiger partial charge in [0.1, 0.15) is 11.4 Å². The third-order valence-corrected chi connectivity index (χ3v) is 3.60. The standard InChI is InChI=1S/C20H22N2O5/c1-13(23)21-17(10-14-8-9-18(26-3)19(11-14)27-4)20(24)22-15-6-5-7-16(12-15)25-2/h5-12H,1-4H3,(H,21,23)(H,22,24)/b17-10+. The van der Waals surface area contributed by atoms with Gasteiger partial charge in [-0.3, -0.25) is 9.59 Å². The second-order valence-electron chi connectivity index (χ2n) is 5.54. The summed E-state index contributed by atoms with van der Waals surface area (Å²) in [6.07, 6.45) is 1.55. The van der Waals surface area contributed by atoms with Gasteiger partial charge in [0.25, 0.3) is 5.91 Å². The number of carbonyl (C=O) groups is 2. The summed E-state index contributed by atoms with van der Waals surface area (Å²) in [6, 6.07) is 12.1. The first-order chi connectivity index (χ1) is 13.0. The van der Waals surface area contributed by atoms with E-state index in [2.05, 4.69) is 10.6 Å². The average molecular weight is 370 g/mol. The van der Waals surface area contributed by atoms with Crippen LogP contribution in [0.2, 0.25) is 0 Å². The van der Waals surface area contributed by atoms with Gasteiger partial charge in [-0.05, 0) is 35.9 Å². The molecule has 0 unspecified atom stereocenters. The van der Waals surface area contributed by atoms with E-state index in [9.17, 15) is 9.59 Å². The van der Waals surface area contributed by atoms with Gasteiger partial charge in [0, 0.05) is 18.7 Å². The topological polar surface area (TPSA) is 85.9 Å². The molecule has 0 aliphatic heterocycles. The number of nitrogens with one attached hydrogen (secondary N) is 2. The number of carbonyl (C=O) groups excluding carboxylic acids is 2. The number of rotatable bonds is 7. The van der Waals surface area contributed by atoms with Crippen LogP contribution in [0.25, 0.3) is 6.08 Å². The van der Waals surface area contributed by atoms with Crippen molar-refractivity contribution in [2.24, 2.45) is 0 Å². The Labute approximate surface area is 157 Å². The highest BCUT2D eigenvalue weighted by Crippen LogP contribution is 2.28. The van der Waals surface area contributed by atoms with Gasteiger partial charge in [0.2, 0.25) is 5.91 Å². The lowest BCUT2D eigenvalue weighted by atomic mass is 10.1. The maximum atomic E-state index is 12.6. The summed E-state index contributed by atoms with van der Waals surface area (Å²) in [5, 5.41) is 5.29. The molecule has 2 aromatic rings. The maximum absolute atomic E-state index is 12.6. The van der Waals surface area contributed by atoms with E-state index in [1.54, 1.807) is 55.7 Å². The molecule has 0 saturated heterocycles. The Hall–Kier alpha value is -3.48. The summed E-state index contributed by atoms with van der Waals surface area (Å²) in [7, 11) is 4.61. The molecule has 0 radical (unpaired) electrons. The molecule has 2 N–H and O–H groups in total. The van der Waals surface area contributed by atoms with Crippen LogP contribution in [0.3, 0.4) is 0 Å². The molecular weight excluding hydrogens is 348 g/mol. The first kappa shape index (κ1) is 19.8. The molecule has 2 rings (SSSR count). The summed E-state index contributed by atoms with van der Waals surface area (Å²) in [6.45, 7) is 1.33. The van der Waals surface area contributed by atoms with Crippen LogP contribution < -0.4 is 24.8 Å². The van der Waals surface area contributed by atoms with Crippen LogP contribution in [0, 0.1) is 0 Å². The number of ether oxygens (including phenoxy) is 3. The van der Waals surface area contributed by atoms with Crippen molar-refractivity contribution >= 4 is 23.6 Å². The second-order valence-corrected chi connectivity index (χ2v) is 5.54. The molecule has 7 heteroatoms. The lowest BCUT2D eigenvalue weighted by Gasteiger charge is -2.12. The third kappa shape index (κ3) is 5.50. The van der Waals surface area contributed by atoms with E-state index in [1.807, 2.05) is 0 Å². The van der Waals surface area contributed by atoms with Crippen LogP contribution in [0.5, 0.6) is 17.2 Å². The first-order valence-corrected chi connectivity index (χ1v) is 8.13. The lowest BCUT2D eigenvalue weighted by Crippen LogP contribution is -2.28. The number of amides is 2. The van der Waals surface area contributed by atoms with Crippen molar-refractivity contribution in [3.63, 3.8) is 0 Å². The highest BCUT2D eigenvalue weighted by molar-refractivity contribution is 6.08. The largest absolute Gasteiger partial charge is 0.497 e. The Morgan fingerprint density at radius 2 is 1.67 bits per heavy atom. The Morgan fingerprint density at radius 3 is 2.30 bits per heavy atom. The Balaban J connectivity index is 2.31. The number of hydrogen-bond acceptors (Lipinski definition) is 5. The average Bonchev–Trinajstić information content (AvgIpc) is 2.67. The summed E-state index contributed by atoms with van der Waals surface area (Å²) in [5.74, 6) is 0.867. The molecule has 0 aromatic heterocycles. The molecular formula is C20H22N2O5. The van der Waals surface area contributed by atoms with Gasteiger partial charge in [-0.15, -0.1) is 0 Å². The summed E-state index contributed by atoms with van der Waals surface area (Å²) >= 11 is 0.